The molecule has 0 atom stereocenters. The standard InChI is InChI=1S/C9H7N.CH4N2/c1-2-6-9-8(4-1)5-3-7-10-9;2-1-3/h1-7H;1H,(H3,2,3). The Balaban J connectivity index is 0.000000251. The molecule has 0 aliphatic rings. The zero-order valence-electron chi connectivity index (χ0n) is 7.14. The largest absolute Gasteiger partial charge is 0.390 e. The first-order chi connectivity index (χ1) is 6.38. The lowest BCUT2D eigenvalue weighted by atomic mass is 10.2. The van der Waals surface area contributed by atoms with E-state index in [0.29, 0.717) is 0 Å². The molecule has 1 aromatic carbocycles. The Hall–Kier alpha value is -1.90. The summed E-state index contributed by atoms with van der Waals surface area (Å²) in [7, 11) is 0. The summed E-state index contributed by atoms with van der Waals surface area (Å²) in [6.07, 6.45) is 2.56. The first-order valence-corrected chi connectivity index (χ1v) is 3.89. The number of nitrogens with zero attached hydrogens (tertiary/aromatic N) is 1. The maximum Gasteiger partial charge on any atom is 0.0765 e. The van der Waals surface area contributed by atoms with Crippen molar-refractivity contribution in [1.82, 2.24) is 4.98 Å². The predicted molar refractivity (Wildman–Crippen MR) is 54.7 cm³/mol. The number of para-hydroxylation sites is 1. The van der Waals surface area contributed by atoms with Gasteiger partial charge in [0.05, 0.1) is 11.9 Å². The first-order valence-electron chi connectivity index (χ1n) is 3.89. The lowest BCUT2D eigenvalue weighted by molar-refractivity contribution is 1.41. The zero-order chi connectivity index (χ0) is 9.52. The highest BCUT2D eigenvalue weighted by Crippen LogP contribution is 2.07. The Labute approximate surface area is 76.7 Å². The second kappa shape index (κ2) is 4.87. The SMILES string of the molecule is N=CN.c1ccc2ncccc2c1. The van der Waals surface area contributed by atoms with Gasteiger partial charge in [-0.1, -0.05) is 24.3 Å². The van der Waals surface area contributed by atoms with E-state index in [2.05, 4.69) is 22.9 Å². The van der Waals surface area contributed by atoms with Crippen molar-refractivity contribution in [2.75, 3.05) is 0 Å². The number of aromatic nitrogens is 1. The van der Waals surface area contributed by atoms with Crippen LogP contribution < -0.4 is 5.73 Å². The molecule has 0 aliphatic carbocycles. The number of pyridine rings is 1. The highest BCUT2D eigenvalue weighted by molar-refractivity contribution is 5.77. The predicted octanol–water partition coefficient (Wildman–Crippen LogP) is 1.79. The summed E-state index contributed by atoms with van der Waals surface area (Å²) in [5.74, 6) is 0. The molecule has 0 bridgehead atoms. The van der Waals surface area contributed by atoms with Gasteiger partial charge in [-0.25, -0.2) is 0 Å². The minimum absolute atomic E-state index is 0.750. The molecule has 3 N–H and O–H groups in total. The molecule has 2 rings (SSSR count). The van der Waals surface area contributed by atoms with Crippen LogP contribution in [0.1, 0.15) is 0 Å². The van der Waals surface area contributed by atoms with Gasteiger partial charge in [0.1, 0.15) is 0 Å². The minimum Gasteiger partial charge on any atom is -0.390 e. The normalized spacial score (nSPS) is 8.62. The molecule has 0 aliphatic heterocycles. The van der Waals surface area contributed by atoms with Gasteiger partial charge >= 0.3 is 0 Å². The van der Waals surface area contributed by atoms with E-state index in [-0.39, 0.29) is 0 Å². The minimum atomic E-state index is 0.750. The second-order valence-electron chi connectivity index (χ2n) is 2.36. The topological polar surface area (TPSA) is 62.8 Å². The summed E-state index contributed by atoms with van der Waals surface area (Å²) >= 11 is 0. The monoisotopic (exact) mass is 173 g/mol. The van der Waals surface area contributed by atoms with Crippen LogP contribution in [-0.4, -0.2) is 11.3 Å². The van der Waals surface area contributed by atoms with Gasteiger partial charge in [-0.15, -0.1) is 0 Å². The van der Waals surface area contributed by atoms with Gasteiger partial charge in [0, 0.05) is 11.6 Å². The number of hydrogen-bond acceptors (Lipinski definition) is 2. The molecule has 0 amide bonds. The second-order valence-corrected chi connectivity index (χ2v) is 2.36. The van der Waals surface area contributed by atoms with Crippen molar-refractivity contribution in [2.24, 2.45) is 5.73 Å². The molecular formula is C10H11N3. The van der Waals surface area contributed by atoms with Gasteiger partial charge in [-0.3, -0.25) is 10.4 Å². The molecule has 66 valence electrons. The quantitative estimate of drug-likeness (QED) is 0.471. The molecule has 3 nitrogen and oxygen atoms in total. The molecule has 3 heteroatoms. The van der Waals surface area contributed by atoms with Crippen LogP contribution >= 0.6 is 0 Å². The molecule has 1 heterocycles. The number of rotatable bonds is 0. The molecular weight excluding hydrogens is 162 g/mol. The van der Waals surface area contributed by atoms with E-state index < -0.39 is 0 Å². The van der Waals surface area contributed by atoms with Crippen LogP contribution in [0.15, 0.2) is 42.6 Å². The third kappa shape index (κ3) is 2.56. The lowest BCUT2D eigenvalue weighted by Gasteiger charge is -1.91. The number of hydrogen-bond donors (Lipinski definition) is 2. The zero-order valence-corrected chi connectivity index (χ0v) is 7.14. The lowest BCUT2D eigenvalue weighted by Crippen LogP contribution is -1.81. The number of fused-ring (bicyclic) bond motifs is 1. The van der Waals surface area contributed by atoms with Crippen LogP contribution in [0.3, 0.4) is 0 Å². The fraction of sp³-hybridized carbons (Fsp3) is 0. The molecule has 0 radical (unpaired) electrons. The van der Waals surface area contributed by atoms with E-state index >= 15 is 0 Å². The van der Waals surface area contributed by atoms with Crippen molar-refractivity contribution in [3.63, 3.8) is 0 Å². The van der Waals surface area contributed by atoms with E-state index in [1.807, 2.05) is 30.5 Å². The van der Waals surface area contributed by atoms with Crippen LogP contribution in [0.2, 0.25) is 0 Å². The summed E-state index contributed by atoms with van der Waals surface area (Å²) in [5.41, 5.74) is 5.45. The average Bonchev–Trinajstić information content (AvgIpc) is 2.19. The molecule has 0 unspecified atom stereocenters. The van der Waals surface area contributed by atoms with Gasteiger partial charge in [0.25, 0.3) is 0 Å². The van der Waals surface area contributed by atoms with Gasteiger partial charge in [0.2, 0.25) is 0 Å². The molecule has 0 saturated heterocycles. The molecule has 0 fully saturated rings. The first kappa shape index (κ1) is 9.19. The summed E-state index contributed by atoms with van der Waals surface area (Å²) in [5, 5.41) is 7.06. The van der Waals surface area contributed by atoms with Crippen LogP contribution in [-0.2, 0) is 0 Å². The van der Waals surface area contributed by atoms with Crippen molar-refractivity contribution in [2.45, 2.75) is 0 Å². The number of benzene rings is 1. The van der Waals surface area contributed by atoms with Gasteiger partial charge in [-0.2, -0.15) is 0 Å². The fourth-order valence-corrected chi connectivity index (χ4v) is 1.02. The Kier molecular flexibility index (Phi) is 3.45. The summed E-state index contributed by atoms with van der Waals surface area (Å²) in [6, 6.07) is 12.1. The van der Waals surface area contributed by atoms with Crippen molar-refractivity contribution in [3.05, 3.63) is 42.6 Å². The third-order valence-corrected chi connectivity index (χ3v) is 1.51. The maximum absolute atomic E-state index is 5.86. The van der Waals surface area contributed by atoms with Crippen LogP contribution in [0, 0.1) is 5.41 Å². The van der Waals surface area contributed by atoms with Crippen molar-refractivity contribution in [1.29, 1.82) is 5.41 Å². The fourth-order valence-electron chi connectivity index (χ4n) is 1.02. The van der Waals surface area contributed by atoms with E-state index in [9.17, 15) is 0 Å². The number of nitrogens with two attached hydrogens (primary N) is 1. The summed E-state index contributed by atoms with van der Waals surface area (Å²) in [4.78, 5) is 4.18. The Morgan fingerprint density at radius 3 is 2.46 bits per heavy atom. The maximum atomic E-state index is 5.86. The van der Waals surface area contributed by atoms with Gasteiger partial charge in [0.15, 0.2) is 0 Å². The highest BCUT2D eigenvalue weighted by Gasteiger charge is 1.86. The Morgan fingerprint density at radius 1 is 1.15 bits per heavy atom. The molecule has 0 spiro atoms. The van der Waals surface area contributed by atoms with E-state index in [1.165, 1.54) is 5.39 Å². The van der Waals surface area contributed by atoms with Crippen molar-refractivity contribution >= 4 is 17.2 Å². The Bertz CT molecular complexity index is 319. The van der Waals surface area contributed by atoms with E-state index in [4.69, 9.17) is 5.41 Å². The van der Waals surface area contributed by atoms with Gasteiger partial charge in [-0.05, 0) is 12.1 Å². The molecule has 2 aromatic rings. The number of nitrogens with one attached hydrogen (secondary N) is 1. The highest BCUT2D eigenvalue weighted by atomic mass is 14.6. The average molecular weight is 173 g/mol. The third-order valence-electron chi connectivity index (χ3n) is 1.51. The molecule has 0 saturated carbocycles. The Morgan fingerprint density at radius 2 is 1.77 bits per heavy atom. The molecule has 1 aromatic heterocycles. The van der Waals surface area contributed by atoms with Crippen LogP contribution in [0.25, 0.3) is 10.9 Å². The van der Waals surface area contributed by atoms with E-state index in [1.54, 1.807) is 0 Å². The van der Waals surface area contributed by atoms with Crippen LogP contribution in [0.5, 0.6) is 0 Å². The molecule has 13 heavy (non-hydrogen) atoms. The smallest absolute Gasteiger partial charge is 0.0765 e. The summed E-state index contributed by atoms with van der Waals surface area (Å²) < 4.78 is 0. The van der Waals surface area contributed by atoms with Gasteiger partial charge < -0.3 is 5.73 Å². The van der Waals surface area contributed by atoms with Crippen LogP contribution in [0.4, 0.5) is 0 Å². The van der Waals surface area contributed by atoms with Crippen molar-refractivity contribution in [3.8, 4) is 0 Å². The van der Waals surface area contributed by atoms with E-state index in [0.717, 1.165) is 11.9 Å². The summed E-state index contributed by atoms with van der Waals surface area (Å²) in [6.45, 7) is 0. The van der Waals surface area contributed by atoms with Crippen molar-refractivity contribution < 1.29 is 0 Å².